The summed E-state index contributed by atoms with van der Waals surface area (Å²) >= 11 is 0. The molecule has 0 radical (unpaired) electrons. The SMILES string of the molecule is CC(C)(C)C1CCCN(C(=O)c2cccc(N)c2)CC1.Cl. The Balaban J connectivity index is 0.00000220. The largest absolute Gasteiger partial charge is 0.399 e. The summed E-state index contributed by atoms with van der Waals surface area (Å²) in [5.41, 5.74) is 7.45. The van der Waals surface area contributed by atoms with Crippen LogP contribution in [0, 0.1) is 11.3 Å². The van der Waals surface area contributed by atoms with E-state index < -0.39 is 0 Å². The van der Waals surface area contributed by atoms with Crippen molar-refractivity contribution in [1.82, 2.24) is 4.90 Å². The zero-order valence-corrected chi connectivity index (χ0v) is 14.1. The van der Waals surface area contributed by atoms with Gasteiger partial charge < -0.3 is 10.6 Å². The van der Waals surface area contributed by atoms with Crippen LogP contribution in [0.2, 0.25) is 0 Å². The van der Waals surface area contributed by atoms with Gasteiger partial charge in [0.1, 0.15) is 0 Å². The fourth-order valence-electron chi connectivity index (χ4n) is 3.02. The van der Waals surface area contributed by atoms with Gasteiger partial charge in [-0.3, -0.25) is 4.79 Å². The highest BCUT2D eigenvalue weighted by atomic mass is 35.5. The molecule has 0 spiro atoms. The normalized spacial score (nSPS) is 19.6. The lowest BCUT2D eigenvalue weighted by Gasteiger charge is -2.29. The number of carbonyl (C=O) groups excluding carboxylic acids is 1. The van der Waals surface area contributed by atoms with Crippen molar-refractivity contribution in [1.29, 1.82) is 0 Å². The second-order valence-electron chi connectivity index (χ2n) is 6.91. The number of benzene rings is 1. The van der Waals surface area contributed by atoms with Crippen molar-refractivity contribution in [3.8, 4) is 0 Å². The van der Waals surface area contributed by atoms with E-state index in [0.717, 1.165) is 25.9 Å². The molecule has 1 heterocycles. The number of hydrogen-bond donors (Lipinski definition) is 1. The first-order valence-electron chi connectivity index (χ1n) is 7.53. The van der Waals surface area contributed by atoms with E-state index in [4.69, 9.17) is 5.73 Å². The fraction of sp³-hybridized carbons (Fsp3) is 0.588. The van der Waals surface area contributed by atoms with Gasteiger partial charge in [-0.1, -0.05) is 26.8 Å². The summed E-state index contributed by atoms with van der Waals surface area (Å²) in [5, 5.41) is 0. The monoisotopic (exact) mass is 310 g/mol. The Morgan fingerprint density at radius 2 is 1.95 bits per heavy atom. The Labute approximate surface area is 134 Å². The standard InChI is InChI=1S/C17H26N2O.ClH/c1-17(2,3)14-7-5-10-19(11-9-14)16(20)13-6-4-8-15(18)12-13;/h4,6,8,12,14H,5,7,9-11,18H2,1-3H3;1H. The number of amides is 1. The van der Waals surface area contributed by atoms with Gasteiger partial charge in [-0.15, -0.1) is 12.4 Å². The van der Waals surface area contributed by atoms with Crippen LogP contribution in [0.15, 0.2) is 24.3 Å². The molecule has 1 amide bonds. The van der Waals surface area contributed by atoms with Gasteiger partial charge in [0.2, 0.25) is 0 Å². The van der Waals surface area contributed by atoms with Crippen LogP contribution in [-0.2, 0) is 0 Å². The molecule has 1 fully saturated rings. The van der Waals surface area contributed by atoms with Crippen molar-refractivity contribution in [2.75, 3.05) is 18.8 Å². The van der Waals surface area contributed by atoms with Crippen molar-refractivity contribution < 1.29 is 4.79 Å². The van der Waals surface area contributed by atoms with Crippen molar-refractivity contribution in [2.45, 2.75) is 40.0 Å². The van der Waals surface area contributed by atoms with Crippen LogP contribution < -0.4 is 5.73 Å². The maximum Gasteiger partial charge on any atom is 0.253 e. The fourth-order valence-corrected chi connectivity index (χ4v) is 3.02. The number of hydrogen-bond acceptors (Lipinski definition) is 2. The van der Waals surface area contributed by atoms with Gasteiger partial charge in [0.25, 0.3) is 5.91 Å². The van der Waals surface area contributed by atoms with Crippen LogP contribution in [0.1, 0.15) is 50.4 Å². The molecule has 0 aromatic heterocycles. The average molecular weight is 311 g/mol. The molecule has 0 saturated carbocycles. The molecule has 1 aliphatic rings. The Bertz CT molecular complexity index is 482. The second-order valence-corrected chi connectivity index (χ2v) is 6.91. The van der Waals surface area contributed by atoms with E-state index in [0.29, 0.717) is 22.6 Å². The minimum atomic E-state index is 0. The van der Waals surface area contributed by atoms with E-state index in [-0.39, 0.29) is 18.3 Å². The van der Waals surface area contributed by atoms with E-state index >= 15 is 0 Å². The number of halogens is 1. The maximum absolute atomic E-state index is 12.5. The topological polar surface area (TPSA) is 46.3 Å². The highest BCUT2D eigenvalue weighted by molar-refractivity contribution is 5.95. The number of rotatable bonds is 1. The van der Waals surface area contributed by atoms with Crippen LogP contribution in [0.5, 0.6) is 0 Å². The van der Waals surface area contributed by atoms with Crippen molar-refractivity contribution in [3.63, 3.8) is 0 Å². The van der Waals surface area contributed by atoms with Crippen LogP contribution in [0.4, 0.5) is 5.69 Å². The molecule has 2 rings (SSSR count). The molecule has 3 nitrogen and oxygen atoms in total. The van der Waals surface area contributed by atoms with E-state index in [2.05, 4.69) is 20.8 Å². The predicted octanol–water partition coefficient (Wildman–Crippen LogP) is 3.98. The summed E-state index contributed by atoms with van der Waals surface area (Å²) in [6.45, 7) is 8.61. The van der Waals surface area contributed by atoms with Crippen LogP contribution >= 0.6 is 12.4 Å². The van der Waals surface area contributed by atoms with Gasteiger partial charge in [0.05, 0.1) is 0 Å². The Hall–Kier alpha value is -1.22. The second kappa shape index (κ2) is 7.17. The molecule has 1 unspecified atom stereocenters. The quantitative estimate of drug-likeness (QED) is 0.798. The summed E-state index contributed by atoms with van der Waals surface area (Å²) in [6, 6.07) is 7.28. The lowest BCUT2D eigenvalue weighted by molar-refractivity contribution is 0.0755. The summed E-state index contributed by atoms with van der Waals surface area (Å²) in [5.74, 6) is 0.813. The summed E-state index contributed by atoms with van der Waals surface area (Å²) in [6.07, 6.45) is 3.40. The predicted molar refractivity (Wildman–Crippen MR) is 90.8 cm³/mol. The third kappa shape index (κ3) is 4.63. The Morgan fingerprint density at radius 3 is 2.57 bits per heavy atom. The highest BCUT2D eigenvalue weighted by Crippen LogP contribution is 2.34. The molecule has 2 N–H and O–H groups in total. The van der Waals surface area contributed by atoms with Gasteiger partial charge in [0.15, 0.2) is 0 Å². The molecule has 118 valence electrons. The van der Waals surface area contributed by atoms with Gasteiger partial charge in [-0.2, -0.15) is 0 Å². The highest BCUT2D eigenvalue weighted by Gasteiger charge is 2.28. The van der Waals surface area contributed by atoms with Crippen LogP contribution in [0.3, 0.4) is 0 Å². The van der Waals surface area contributed by atoms with E-state index in [1.54, 1.807) is 6.07 Å². The lowest BCUT2D eigenvalue weighted by Crippen LogP contribution is -2.32. The summed E-state index contributed by atoms with van der Waals surface area (Å²) in [4.78, 5) is 14.5. The summed E-state index contributed by atoms with van der Waals surface area (Å²) < 4.78 is 0. The van der Waals surface area contributed by atoms with Gasteiger partial charge in [0, 0.05) is 24.3 Å². The Morgan fingerprint density at radius 1 is 1.24 bits per heavy atom. The number of nitrogen functional groups attached to an aromatic ring is 1. The van der Waals surface area contributed by atoms with Crippen LogP contribution in [0.25, 0.3) is 0 Å². The molecule has 1 aliphatic heterocycles. The molecule has 1 saturated heterocycles. The molecule has 0 bridgehead atoms. The molecule has 4 heteroatoms. The van der Waals surface area contributed by atoms with E-state index in [9.17, 15) is 4.79 Å². The van der Waals surface area contributed by atoms with Crippen molar-refractivity contribution in [3.05, 3.63) is 29.8 Å². The molecule has 0 aliphatic carbocycles. The minimum Gasteiger partial charge on any atom is -0.399 e. The van der Waals surface area contributed by atoms with Gasteiger partial charge >= 0.3 is 0 Å². The third-order valence-electron chi connectivity index (χ3n) is 4.37. The van der Waals surface area contributed by atoms with E-state index in [1.165, 1.54) is 6.42 Å². The maximum atomic E-state index is 12.5. The first kappa shape index (κ1) is 17.8. The zero-order valence-electron chi connectivity index (χ0n) is 13.3. The molecule has 1 aromatic carbocycles. The average Bonchev–Trinajstić information content (AvgIpc) is 2.63. The smallest absolute Gasteiger partial charge is 0.253 e. The number of nitrogens with zero attached hydrogens (tertiary/aromatic N) is 1. The summed E-state index contributed by atoms with van der Waals surface area (Å²) in [7, 11) is 0. The molecular formula is C17H27ClN2O. The molecular weight excluding hydrogens is 284 g/mol. The third-order valence-corrected chi connectivity index (χ3v) is 4.37. The zero-order chi connectivity index (χ0) is 14.8. The molecule has 1 atom stereocenters. The van der Waals surface area contributed by atoms with E-state index in [1.807, 2.05) is 23.1 Å². The first-order chi connectivity index (χ1) is 9.38. The number of likely N-dealkylation sites (tertiary alicyclic amines) is 1. The molecule has 1 aromatic rings. The first-order valence-corrected chi connectivity index (χ1v) is 7.53. The molecule has 21 heavy (non-hydrogen) atoms. The lowest BCUT2D eigenvalue weighted by atomic mass is 9.77. The number of anilines is 1. The van der Waals surface area contributed by atoms with Crippen molar-refractivity contribution >= 4 is 24.0 Å². The van der Waals surface area contributed by atoms with Gasteiger partial charge in [-0.05, 0) is 48.8 Å². The van der Waals surface area contributed by atoms with Gasteiger partial charge in [-0.25, -0.2) is 0 Å². The van der Waals surface area contributed by atoms with Crippen molar-refractivity contribution in [2.24, 2.45) is 11.3 Å². The van der Waals surface area contributed by atoms with Crippen LogP contribution in [-0.4, -0.2) is 23.9 Å². The Kier molecular flexibility index (Phi) is 6.09. The number of nitrogens with two attached hydrogens (primary N) is 1. The number of carbonyl (C=O) groups is 1. The minimum absolute atomic E-state index is 0.